The molecule has 1 aromatic heterocycles. The van der Waals surface area contributed by atoms with Crippen LogP contribution in [0.2, 0.25) is 0 Å². The topological polar surface area (TPSA) is 55.0 Å². The van der Waals surface area contributed by atoms with Gasteiger partial charge in [0.15, 0.2) is 5.82 Å². The van der Waals surface area contributed by atoms with E-state index in [1.54, 1.807) is 0 Å². The molecule has 2 heterocycles. The van der Waals surface area contributed by atoms with Gasteiger partial charge in [-0.25, -0.2) is 0 Å². The number of piperidine rings is 1. The Balaban J connectivity index is 2.05. The zero-order valence-corrected chi connectivity index (χ0v) is 9.89. The number of rotatable bonds is 3. The van der Waals surface area contributed by atoms with E-state index < -0.39 is 0 Å². The first-order valence-corrected chi connectivity index (χ1v) is 6.11. The Morgan fingerprint density at radius 2 is 2.31 bits per heavy atom. The Hall–Kier alpha value is -1.16. The Kier molecular flexibility index (Phi) is 3.72. The van der Waals surface area contributed by atoms with Gasteiger partial charge in [-0.3, -0.25) is 0 Å². The standard InChI is InChI=1S/C12H20N4/c1-2-10-4-3-7-16(9-10)12-6-5-11(8-13)14-15-12/h5-6,10H,2-4,7-9,13H2,1H3. The van der Waals surface area contributed by atoms with E-state index in [0.717, 1.165) is 30.5 Å². The molecule has 4 heteroatoms. The lowest BCUT2D eigenvalue weighted by Crippen LogP contribution is -2.35. The van der Waals surface area contributed by atoms with E-state index in [9.17, 15) is 0 Å². The zero-order valence-electron chi connectivity index (χ0n) is 9.89. The Bertz CT molecular complexity index is 322. The zero-order chi connectivity index (χ0) is 11.4. The summed E-state index contributed by atoms with van der Waals surface area (Å²) >= 11 is 0. The SMILES string of the molecule is CCC1CCCN(c2ccc(CN)nn2)C1. The van der Waals surface area contributed by atoms with Crippen molar-refractivity contribution in [1.29, 1.82) is 0 Å². The highest BCUT2D eigenvalue weighted by atomic mass is 15.3. The van der Waals surface area contributed by atoms with Crippen LogP contribution in [-0.4, -0.2) is 23.3 Å². The molecule has 1 aliphatic heterocycles. The third kappa shape index (κ3) is 2.50. The predicted molar refractivity (Wildman–Crippen MR) is 65.2 cm³/mol. The normalized spacial score (nSPS) is 21.1. The van der Waals surface area contributed by atoms with Crippen LogP contribution in [0.3, 0.4) is 0 Å². The molecule has 1 unspecified atom stereocenters. The van der Waals surface area contributed by atoms with Gasteiger partial charge in [0.05, 0.1) is 5.69 Å². The van der Waals surface area contributed by atoms with Crippen LogP contribution in [0.5, 0.6) is 0 Å². The largest absolute Gasteiger partial charge is 0.355 e. The molecule has 0 bridgehead atoms. The minimum Gasteiger partial charge on any atom is -0.355 e. The predicted octanol–water partition coefficient (Wildman–Crippen LogP) is 1.56. The monoisotopic (exact) mass is 220 g/mol. The minimum atomic E-state index is 0.463. The summed E-state index contributed by atoms with van der Waals surface area (Å²) < 4.78 is 0. The van der Waals surface area contributed by atoms with Gasteiger partial charge in [-0.2, -0.15) is 5.10 Å². The Labute approximate surface area is 96.9 Å². The molecule has 2 rings (SSSR count). The van der Waals surface area contributed by atoms with E-state index >= 15 is 0 Å². The van der Waals surface area contributed by atoms with E-state index in [-0.39, 0.29) is 0 Å². The molecule has 4 nitrogen and oxygen atoms in total. The van der Waals surface area contributed by atoms with Crippen molar-refractivity contribution in [3.05, 3.63) is 17.8 Å². The van der Waals surface area contributed by atoms with Gasteiger partial charge in [0, 0.05) is 19.6 Å². The molecule has 88 valence electrons. The van der Waals surface area contributed by atoms with Crippen molar-refractivity contribution in [2.24, 2.45) is 11.7 Å². The van der Waals surface area contributed by atoms with Crippen molar-refractivity contribution < 1.29 is 0 Å². The number of aromatic nitrogens is 2. The summed E-state index contributed by atoms with van der Waals surface area (Å²) in [6, 6.07) is 4.01. The first kappa shape index (κ1) is 11.3. The first-order chi connectivity index (χ1) is 7.83. The second-order valence-electron chi connectivity index (χ2n) is 4.45. The van der Waals surface area contributed by atoms with E-state index in [1.807, 2.05) is 12.1 Å². The molecule has 0 aliphatic carbocycles. The average Bonchev–Trinajstić information content (AvgIpc) is 2.39. The van der Waals surface area contributed by atoms with Gasteiger partial charge in [-0.1, -0.05) is 13.3 Å². The summed E-state index contributed by atoms with van der Waals surface area (Å²) in [5.41, 5.74) is 6.36. The van der Waals surface area contributed by atoms with Crippen LogP contribution in [-0.2, 0) is 6.54 Å². The van der Waals surface area contributed by atoms with Crippen LogP contribution in [0.25, 0.3) is 0 Å². The molecule has 1 atom stereocenters. The molecule has 0 amide bonds. The summed E-state index contributed by atoms with van der Waals surface area (Å²) in [4.78, 5) is 2.34. The maximum atomic E-state index is 5.51. The molecule has 0 radical (unpaired) electrons. The van der Waals surface area contributed by atoms with Crippen LogP contribution < -0.4 is 10.6 Å². The molecule has 1 saturated heterocycles. The lowest BCUT2D eigenvalue weighted by molar-refractivity contribution is 0.402. The highest BCUT2D eigenvalue weighted by Crippen LogP contribution is 2.22. The first-order valence-electron chi connectivity index (χ1n) is 6.11. The molecule has 0 saturated carbocycles. The quantitative estimate of drug-likeness (QED) is 0.840. The van der Waals surface area contributed by atoms with Crippen molar-refractivity contribution in [2.75, 3.05) is 18.0 Å². The van der Waals surface area contributed by atoms with E-state index in [0.29, 0.717) is 6.54 Å². The van der Waals surface area contributed by atoms with Crippen LogP contribution in [0.15, 0.2) is 12.1 Å². The van der Waals surface area contributed by atoms with Gasteiger partial charge >= 0.3 is 0 Å². The highest BCUT2D eigenvalue weighted by Gasteiger charge is 2.19. The van der Waals surface area contributed by atoms with Crippen molar-refractivity contribution >= 4 is 5.82 Å². The number of nitrogens with zero attached hydrogens (tertiary/aromatic N) is 3. The molecule has 1 aromatic rings. The van der Waals surface area contributed by atoms with Gasteiger partial charge in [-0.05, 0) is 30.9 Å². The van der Waals surface area contributed by atoms with Gasteiger partial charge in [0.25, 0.3) is 0 Å². The van der Waals surface area contributed by atoms with Crippen LogP contribution in [0.1, 0.15) is 31.9 Å². The number of hydrogen-bond donors (Lipinski definition) is 1. The smallest absolute Gasteiger partial charge is 0.151 e. The van der Waals surface area contributed by atoms with E-state index in [2.05, 4.69) is 22.0 Å². The summed E-state index contributed by atoms with van der Waals surface area (Å²) in [6.07, 6.45) is 3.87. The van der Waals surface area contributed by atoms with E-state index in [4.69, 9.17) is 5.73 Å². The summed E-state index contributed by atoms with van der Waals surface area (Å²) in [6.45, 7) is 4.95. The van der Waals surface area contributed by atoms with Crippen LogP contribution in [0.4, 0.5) is 5.82 Å². The van der Waals surface area contributed by atoms with Gasteiger partial charge < -0.3 is 10.6 Å². The Morgan fingerprint density at radius 1 is 1.44 bits per heavy atom. The van der Waals surface area contributed by atoms with Crippen molar-refractivity contribution in [2.45, 2.75) is 32.7 Å². The number of nitrogens with two attached hydrogens (primary N) is 1. The van der Waals surface area contributed by atoms with Gasteiger partial charge in [0.1, 0.15) is 0 Å². The summed E-state index contributed by atoms with van der Waals surface area (Å²) in [5, 5.41) is 8.34. The lowest BCUT2D eigenvalue weighted by atomic mass is 9.96. The molecule has 16 heavy (non-hydrogen) atoms. The van der Waals surface area contributed by atoms with Crippen LogP contribution in [0, 0.1) is 5.92 Å². The second-order valence-corrected chi connectivity index (χ2v) is 4.45. The maximum absolute atomic E-state index is 5.51. The fourth-order valence-electron chi connectivity index (χ4n) is 2.24. The lowest BCUT2D eigenvalue weighted by Gasteiger charge is -2.32. The third-order valence-electron chi connectivity index (χ3n) is 3.34. The van der Waals surface area contributed by atoms with Gasteiger partial charge in [-0.15, -0.1) is 5.10 Å². The fraction of sp³-hybridized carbons (Fsp3) is 0.667. The summed E-state index contributed by atoms with van der Waals surface area (Å²) in [7, 11) is 0. The minimum absolute atomic E-state index is 0.463. The van der Waals surface area contributed by atoms with E-state index in [1.165, 1.54) is 19.3 Å². The maximum Gasteiger partial charge on any atom is 0.151 e. The number of anilines is 1. The van der Waals surface area contributed by atoms with Gasteiger partial charge in [0.2, 0.25) is 0 Å². The molecular formula is C12H20N4. The molecule has 1 fully saturated rings. The summed E-state index contributed by atoms with van der Waals surface area (Å²) in [5.74, 6) is 1.81. The second kappa shape index (κ2) is 5.25. The fourth-order valence-corrected chi connectivity index (χ4v) is 2.24. The highest BCUT2D eigenvalue weighted by molar-refractivity contribution is 5.37. The van der Waals surface area contributed by atoms with Crippen molar-refractivity contribution in [3.8, 4) is 0 Å². The molecule has 0 aromatic carbocycles. The van der Waals surface area contributed by atoms with Crippen LogP contribution >= 0.6 is 0 Å². The van der Waals surface area contributed by atoms with Crippen molar-refractivity contribution in [3.63, 3.8) is 0 Å². The average molecular weight is 220 g/mol. The molecule has 1 aliphatic rings. The molecular weight excluding hydrogens is 200 g/mol. The third-order valence-corrected chi connectivity index (χ3v) is 3.34. The van der Waals surface area contributed by atoms with Crippen molar-refractivity contribution in [1.82, 2.24) is 10.2 Å². The molecule has 0 spiro atoms. The Morgan fingerprint density at radius 3 is 2.94 bits per heavy atom. The number of hydrogen-bond acceptors (Lipinski definition) is 4. The molecule has 2 N–H and O–H groups in total.